The van der Waals surface area contributed by atoms with Crippen LogP contribution in [-0.4, -0.2) is 0 Å². The topological polar surface area (TPSA) is 0 Å². The average molecular weight is 349 g/mol. The van der Waals surface area contributed by atoms with E-state index in [-0.39, 0.29) is 0 Å². The van der Waals surface area contributed by atoms with E-state index in [1.807, 2.05) is 0 Å². The largest absolute Gasteiger partial charge is 0.0654 e. The zero-order valence-electron chi connectivity index (χ0n) is 18.4. The molecule has 0 saturated heterocycles. The lowest BCUT2D eigenvalue weighted by molar-refractivity contribution is 0.102. The summed E-state index contributed by atoms with van der Waals surface area (Å²) >= 11 is 0. The molecule has 2 aliphatic rings. The Morgan fingerprint density at radius 3 is 2.08 bits per heavy atom. The van der Waals surface area contributed by atoms with E-state index in [2.05, 4.69) is 41.5 Å². The monoisotopic (exact) mass is 348 g/mol. The van der Waals surface area contributed by atoms with E-state index in [0.29, 0.717) is 0 Å². The van der Waals surface area contributed by atoms with Gasteiger partial charge in [-0.25, -0.2) is 0 Å². The van der Waals surface area contributed by atoms with Gasteiger partial charge in [-0.1, -0.05) is 80.1 Å². The van der Waals surface area contributed by atoms with Crippen molar-refractivity contribution in [1.82, 2.24) is 0 Å². The minimum atomic E-state index is 0.864. The average Bonchev–Trinajstić information content (AvgIpc) is 2.96. The minimum absolute atomic E-state index is 0.864. The SMILES string of the molecule is CCCC1CC(C(CC(C)C)C(CC)CC(C)CC)C2CCCCC12. The van der Waals surface area contributed by atoms with Crippen molar-refractivity contribution >= 4 is 0 Å². The van der Waals surface area contributed by atoms with Gasteiger partial charge in [0.25, 0.3) is 0 Å². The van der Waals surface area contributed by atoms with E-state index in [0.717, 1.165) is 47.3 Å². The molecule has 0 heteroatoms. The summed E-state index contributed by atoms with van der Waals surface area (Å²) in [7, 11) is 0. The van der Waals surface area contributed by atoms with Gasteiger partial charge in [0.1, 0.15) is 0 Å². The molecule has 148 valence electrons. The molecule has 0 amide bonds. The van der Waals surface area contributed by atoms with Gasteiger partial charge in [0.05, 0.1) is 0 Å². The van der Waals surface area contributed by atoms with Gasteiger partial charge in [-0.2, -0.15) is 0 Å². The Kier molecular flexibility index (Phi) is 8.83. The zero-order valence-corrected chi connectivity index (χ0v) is 18.4. The zero-order chi connectivity index (χ0) is 18.4. The molecule has 0 radical (unpaired) electrons. The molecule has 0 bridgehead atoms. The molecule has 7 unspecified atom stereocenters. The number of rotatable bonds is 10. The normalized spacial score (nSPS) is 33.2. The van der Waals surface area contributed by atoms with Crippen LogP contribution in [0.3, 0.4) is 0 Å². The highest BCUT2D eigenvalue weighted by molar-refractivity contribution is 4.96. The van der Waals surface area contributed by atoms with Crippen molar-refractivity contribution in [3.63, 3.8) is 0 Å². The molecule has 2 fully saturated rings. The standard InChI is InChI=1S/C25H48/c1-7-12-21-17-25(23-14-11-10-13-22(21)23)24(15-18(4)5)20(9-3)16-19(6)8-2/h18-25H,7-17H2,1-6H3. The lowest BCUT2D eigenvalue weighted by atomic mass is 9.66. The second-order valence-electron chi connectivity index (χ2n) is 10.3. The highest BCUT2D eigenvalue weighted by Gasteiger charge is 2.47. The Bertz CT molecular complexity index is 357. The summed E-state index contributed by atoms with van der Waals surface area (Å²) < 4.78 is 0. The Labute approximate surface area is 159 Å². The van der Waals surface area contributed by atoms with Crippen LogP contribution in [0.25, 0.3) is 0 Å². The first-order valence-corrected chi connectivity index (χ1v) is 12.0. The Balaban J connectivity index is 2.19. The lowest BCUT2D eigenvalue weighted by Gasteiger charge is -2.39. The van der Waals surface area contributed by atoms with Gasteiger partial charge in [0.2, 0.25) is 0 Å². The predicted octanol–water partition coefficient (Wildman–Crippen LogP) is 8.35. The second kappa shape index (κ2) is 10.4. The second-order valence-corrected chi connectivity index (χ2v) is 10.3. The summed E-state index contributed by atoms with van der Waals surface area (Å²) in [5, 5.41) is 0. The fourth-order valence-corrected chi connectivity index (χ4v) is 6.79. The quantitative estimate of drug-likeness (QED) is 0.372. The van der Waals surface area contributed by atoms with Crippen molar-refractivity contribution in [1.29, 1.82) is 0 Å². The van der Waals surface area contributed by atoms with E-state index < -0.39 is 0 Å². The number of fused-ring (bicyclic) bond motifs is 1. The van der Waals surface area contributed by atoms with Crippen LogP contribution in [0.1, 0.15) is 112 Å². The predicted molar refractivity (Wildman–Crippen MR) is 113 cm³/mol. The summed E-state index contributed by atoms with van der Waals surface area (Å²) in [4.78, 5) is 0. The van der Waals surface area contributed by atoms with Crippen molar-refractivity contribution in [3.8, 4) is 0 Å². The van der Waals surface area contributed by atoms with E-state index in [1.54, 1.807) is 19.3 Å². The summed E-state index contributed by atoms with van der Waals surface area (Å²) in [5.41, 5.74) is 0. The first-order valence-electron chi connectivity index (χ1n) is 12.0. The van der Waals surface area contributed by atoms with Crippen molar-refractivity contribution in [2.24, 2.45) is 47.3 Å². The van der Waals surface area contributed by atoms with E-state index in [4.69, 9.17) is 0 Å². The lowest BCUT2D eigenvalue weighted by Crippen LogP contribution is -2.31. The van der Waals surface area contributed by atoms with Crippen molar-refractivity contribution in [3.05, 3.63) is 0 Å². The van der Waals surface area contributed by atoms with Crippen LogP contribution < -0.4 is 0 Å². The Hall–Kier alpha value is 0. The van der Waals surface area contributed by atoms with Crippen LogP contribution >= 0.6 is 0 Å². The molecule has 0 aromatic carbocycles. The van der Waals surface area contributed by atoms with Gasteiger partial charge in [-0.15, -0.1) is 0 Å². The Morgan fingerprint density at radius 2 is 1.52 bits per heavy atom. The maximum Gasteiger partial charge on any atom is -0.0349 e. The maximum atomic E-state index is 2.49. The molecular formula is C25H48. The van der Waals surface area contributed by atoms with Crippen LogP contribution in [0.15, 0.2) is 0 Å². The van der Waals surface area contributed by atoms with Gasteiger partial charge in [0.15, 0.2) is 0 Å². The molecule has 0 N–H and O–H groups in total. The number of hydrogen-bond acceptors (Lipinski definition) is 0. The molecule has 0 nitrogen and oxygen atoms in total. The van der Waals surface area contributed by atoms with Crippen LogP contribution in [0.4, 0.5) is 0 Å². The highest BCUT2D eigenvalue weighted by Crippen LogP contribution is 2.56. The fraction of sp³-hybridized carbons (Fsp3) is 1.00. The third-order valence-corrected chi connectivity index (χ3v) is 8.09. The van der Waals surface area contributed by atoms with Gasteiger partial charge in [0, 0.05) is 0 Å². The summed E-state index contributed by atoms with van der Waals surface area (Å²) in [6.07, 6.45) is 16.4. The van der Waals surface area contributed by atoms with Crippen LogP contribution in [-0.2, 0) is 0 Å². The highest BCUT2D eigenvalue weighted by atomic mass is 14.5. The third kappa shape index (κ3) is 5.49. The van der Waals surface area contributed by atoms with Crippen LogP contribution in [0.5, 0.6) is 0 Å². The van der Waals surface area contributed by atoms with Gasteiger partial charge in [-0.05, 0) is 79.4 Å². The molecule has 0 spiro atoms. The molecule has 25 heavy (non-hydrogen) atoms. The molecule has 7 atom stereocenters. The van der Waals surface area contributed by atoms with Crippen LogP contribution in [0, 0.1) is 47.3 Å². The van der Waals surface area contributed by atoms with E-state index in [9.17, 15) is 0 Å². The Morgan fingerprint density at radius 1 is 0.840 bits per heavy atom. The third-order valence-electron chi connectivity index (χ3n) is 8.09. The van der Waals surface area contributed by atoms with Crippen LogP contribution in [0.2, 0.25) is 0 Å². The molecule has 2 saturated carbocycles. The molecule has 0 aromatic rings. The summed E-state index contributed by atoms with van der Waals surface area (Å²) in [6.45, 7) is 14.7. The number of hydrogen-bond donors (Lipinski definition) is 0. The van der Waals surface area contributed by atoms with E-state index in [1.165, 1.54) is 51.4 Å². The first kappa shape index (κ1) is 21.3. The molecule has 0 aliphatic heterocycles. The van der Waals surface area contributed by atoms with Gasteiger partial charge in [-0.3, -0.25) is 0 Å². The smallest absolute Gasteiger partial charge is 0.0349 e. The van der Waals surface area contributed by atoms with Gasteiger partial charge < -0.3 is 0 Å². The van der Waals surface area contributed by atoms with Crippen molar-refractivity contribution in [2.75, 3.05) is 0 Å². The molecule has 2 rings (SSSR count). The molecule has 2 aliphatic carbocycles. The molecular weight excluding hydrogens is 300 g/mol. The van der Waals surface area contributed by atoms with Crippen molar-refractivity contribution in [2.45, 2.75) is 112 Å². The fourth-order valence-electron chi connectivity index (χ4n) is 6.79. The summed E-state index contributed by atoms with van der Waals surface area (Å²) in [5.74, 6) is 8.05. The maximum absolute atomic E-state index is 2.49. The van der Waals surface area contributed by atoms with Crippen molar-refractivity contribution < 1.29 is 0 Å². The first-order chi connectivity index (χ1) is 12.0. The van der Waals surface area contributed by atoms with E-state index >= 15 is 0 Å². The molecule has 0 aromatic heterocycles. The molecule has 0 heterocycles. The minimum Gasteiger partial charge on any atom is -0.0654 e. The summed E-state index contributed by atoms with van der Waals surface area (Å²) in [6, 6.07) is 0. The van der Waals surface area contributed by atoms with Gasteiger partial charge >= 0.3 is 0 Å².